The van der Waals surface area contributed by atoms with Crippen LogP contribution >= 0.6 is 0 Å². The average Bonchev–Trinajstić information content (AvgIpc) is 3.85. The van der Waals surface area contributed by atoms with E-state index in [9.17, 15) is 0 Å². The largest absolute Gasteiger partial charge is 0.456 e. The van der Waals surface area contributed by atoms with Crippen LogP contribution in [0.15, 0.2) is 283 Å². The quantitative estimate of drug-likeness (QED) is 0.135. The molecule has 0 aliphatic heterocycles. The zero-order valence-electron chi connectivity index (χ0n) is 39.9. The Morgan fingerprint density at radius 3 is 1.15 bits per heavy atom. The maximum Gasteiger partial charge on any atom is 0.135 e. The minimum atomic E-state index is 0.899. The number of anilines is 6. The number of hydrogen-bond donors (Lipinski definition) is 0. The Hall–Kier alpha value is -9.70. The maximum absolute atomic E-state index is 6.17. The molecule has 13 aromatic carbocycles. The van der Waals surface area contributed by atoms with E-state index in [4.69, 9.17) is 4.42 Å². The van der Waals surface area contributed by atoms with Gasteiger partial charge in [0.15, 0.2) is 0 Å². The molecule has 0 bridgehead atoms. The van der Waals surface area contributed by atoms with Crippen molar-refractivity contribution in [1.82, 2.24) is 0 Å². The highest BCUT2D eigenvalue weighted by molar-refractivity contribution is 6.25. The van der Waals surface area contributed by atoms with Crippen molar-refractivity contribution in [3.63, 3.8) is 0 Å². The molecule has 1 aromatic heterocycles. The lowest BCUT2D eigenvalue weighted by Gasteiger charge is -2.27. The number of hydrogen-bond acceptors (Lipinski definition) is 3. The van der Waals surface area contributed by atoms with Gasteiger partial charge in [0.2, 0.25) is 0 Å². The molecule has 0 aliphatic rings. The van der Waals surface area contributed by atoms with Gasteiger partial charge in [-0.1, -0.05) is 188 Å². The van der Waals surface area contributed by atoms with Gasteiger partial charge >= 0.3 is 0 Å². The van der Waals surface area contributed by atoms with Crippen molar-refractivity contribution in [1.29, 1.82) is 0 Å². The first-order valence-corrected chi connectivity index (χ1v) is 25.0. The number of fused-ring (bicyclic) bond motifs is 10. The predicted molar refractivity (Wildman–Crippen MR) is 309 cm³/mol. The maximum atomic E-state index is 6.17. The Balaban J connectivity index is 0.821. The van der Waals surface area contributed by atoms with Crippen LogP contribution in [0, 0.1) is 0 Å². The first-order chi connectivity index (χ1) is 36.2. The summed E-state index contributed by atoms with van der Waals surface area (Å²) in [6, 6.07) is 101. The predicted octanol–water partition coefficient (Wildman–Crippen LogP) is 20.1. The molecular formula is C70H46N2O. The summed E-state index contributed by atoms with van der Waals surface area (Å²) in [6.07, 6.45) is 0. The molecule has 3 nitrogen and oxygen atoms in total. The van der Waals surface area contributed by atoms with E-state index in [0.717, 1.165) is 78.3 Å². The number of furan rings is 1. The molecule has 342 valence electrons. The van der Waals surface area contributed by atoms with Gasteiger partial charge in [0, 0.05) is 44.6 Å². The summed E-state index contributed by atoms with van der Waals surface area (Å²) in [4.78, 5) is 4.71. The van der Waals surface area contributed by atoms with Gasteiger partial charge in [-0.25, -0.2) is 0 Å². The molecule has 0 spiro atoms. The Morgan fingerprint density at radius 1 is 0.205 bits per heavy atom. The second kappa shape index (κ2) is 17.6. The number of para-hydroxylation sites is 2. The molecule has 14 aromatic rings. The minimum Gasteiger partial charge on any atom is -0.456 e. The van der Waals surface area contributed by atoms with Crippen molar-refractivity contribution in [2.24, 2.45) is 0 Å². The second-order valence-corrected chi connectivity index (χ2v) is 18.9. The van der Waals surface area contributed by atoms with E-state index in [1.807, 2.05) is 12.1 Å². The van der Waals surface area contributed by atoms with Crippen LogP contribution in [0.4, 0.5) is 34.1 Å². The number of nitrogens with zero attached hydrogens (tertiary/aromatic N) is 2. The Morgan fingerprint density at radius 2 is 0.575 bits per heavy atom. The fourth-order valence-electron chi connectivity index (χ4n) is 11.1. The second-order valence-electron chi connectivity index (χ2n) is 18.9. The summed E-state index contributed by atoms with van der Waals surface area (Å²) in [7, 11) is 0. The number of rotatable bonds is 9. The van der Waals surface area contributed by atoms with Crippen LogP contribution in [0.1, 0.15) is 0 Å². The molecule has 0 N–H and O–H groups in total. The minimum absolute atomic E-state index is 0.899. The topological polar surface area (TPSA) is 19.6 Å². The van der Waals surface area contributed by atoms with Crippen molar-refractivity contribution in [3.8, 4) is 33.4 Å². The summed E-state index contributed by atoms with van der Waals surface area (Å²) in [5, 5.41) is 12.4. The van der Waals surface area contributed by atoms with Crippen molar-refractivity contribution in [2.75, 3.05) is 9.80 Å². The standard InChI is InChI=1S/C70H46N2O/c1-2-15-54(16-3-1)72(68-23-12-14-51-13-4-5-17-59(51)68)58-41-27-48(28-42-58)47-25-35-55(36-26-47)71(57-39-31-50(32-40-57)53-34-44-70-67(46-53)65-22-10-11-24-69(65)73-70)56-37-29-49(30-38-56)52-33-43-64-62-20-7-6-18-60(62)61-19-8-9-21-63(61)66(64)45-52/h1-46H. The fourth-order valence-corrected chi connectivity index (χ4v) is 11.1. The van der Waals surface area contributed by atoms with Crippen molar-refractivity contribution in [3.05, 3.63) is 279 Å². The van der Waals surface area contributed by atoms with Gasteiger partial charge in [0.1, 0.15) is 11.2 Å². The van der Waals surface area contributed by atoms with Crippen molar-refractivity contribution in [2.45, 2.75) is 0 Å². The molecule has 14 rings (SSSR count). The fraction of sp³-hybridized carbons (Fsp3) is 0. The highest BCUT2D eigenvalue weighted by Gasteiger charge is 2.18. The van der Waals surface area contributed by atoms with E-state index >= 15 is 0 Å². The molecule has 0 fully saturated rings. The van der Waals surface area contributed by atoms with Crippen LogP contribution in [-0.2, 0) is 0 Å². The van der Waals surface area contributed by atoms with Crippen LogP contribution in [0.2, 0.25) is 0 Å². The van der Waals surface area contributed by atoms with Crippen molar-refractivity contribution >= 4 is 99.2 Å². The SMILES string of the molecule is c1ccc(N(c2ccc(-c3ccc(N(c4ccc(-c5ccc6oc7ccccc7c6c5)cc4)c4ccc(-c5ccc6c7ccccc7c7ccccc7c6c5)cc4)cc3)cc2)c2cccc3ccccc23)cc1. The van der Waals surface area contributed by atoms with Gasteiger partial charge in [0.25, 0.3) is 0 Å². The Labute approximate surface area is 423 Å². The highest BCUT2D eigenvalue weighted by atomic mass is 16.3. The van der Waals surface area contributed by atoms with Crippen LogP contribution in [0.5, 0.6) is 0 Å². The molecular weight excluding hydrogens is 885 g/mol. The zero-order valence-corrected chi connectivity index (χ0v) is 39.9. The molecule has 0 radical (unpaired) electrons. The van der Waals surface area contributed by atoms with Crippen LogP contribution < -0.4 is 9.80 Å². The van der Waals surface area contributed by atoms with E-state index in [2.05, 4.69) is 277 Å². The van der Waals surface area contributed by atoms with Crippen molar-refractivity contribution < 1.29 is 4.42 Å². The van der Waals surface area contributed by atoms with Gasteiger partial charge < -0.3 is 14.2 Å². The Kier molecular flexibility index (Phi) is 10.2. The van der Waals surface area contributed by atoms with Gasteiger partial charge in [-0.15, -0.1) is 0 Å². The molecule has 3 heteroatoms. The van der Waals surface area contributed by atoms with E-state index < -0.39 is 0 Å². The normalized spacial score (nSPS) is 11.6. The lowest BCUT2D eigenvalue weighted by Crippen LogP contribution is -2.10. The summed E-state index contributed by atoms with van der Waals surface area (Å²) in [5.41, 5.74) is 15.4. The third-order valence-corrected chi connectivity index (χ3v) is 14.6. The third kappa shape index (κ3) is 7.46. The van der Waals surface area contributed by atoms with E-state index in [1.54, 1.807) is 0 Å². The summed E-state index contributed by atoms with van der Waals surface area (Å²) in [6.45, 7) is 0. The molecule has 0 unspecified atom stereocenters. The lowest BCUT2D eigenvalue weighted by molar-refractivity contribution is 0.669. The van der Waals surface area contributed by atoms with Gasteiger partial charge in [0.05, 0.1) is 5.69 Å². The molecule has 0 saturated heterocycles. The van der Waals surface area contributed by atoms with Gasteiger partial charge in [-0.05, 0) is 162 Å². The average molecular weight is 931 g/mol. The van der Waals surface area contributed by atoms with Crippen LogP contribution in [-0.4, -0.2) is 0 Å². The molecule has 0 amide bonds. The molecule has 0 saturated carbocycles. The Bertz CT molecular complexity index is 4310. The monoisotopic (exact) mass is 930 g/mol. The zero-order chi connectivity index (χ0) is 48.2. The molecule has 73 heavy (non-hydrogen) atoms. The summed E-state index contributed by atoms with van der Waals surface area (Å²) < 4.78 is 6.17. The van der Waals surface area contributed by atoms with Crippen LogP contribution in [0.25, 0.3) is 98.4 Å². The molecule has 1 heterocycles. The summed E-state index contributed by atoms with van der Waals surface area (Å²) in [5.74, 6) is 0. The van der Waals surface area contributed by atoms with Gasteiger partial charge in [-0.3, -0.25) is 0 Å². The first kappa shape index (κ1) is 42.2. The third-order valence-electron chi connectivity index (χ3n) is 14.6. The van der Waals surface area contributed by atoms with E-state index in [-0.39, 0.29) is 0 Å². The molecule has 0 atom stereocenters. The van der Waals surface area contributed by atoms with E-state index in [0.29, 0.717) is 0 Å². The van der Waals surface area contributed by atoms with Crippen LogP contribution in [0.3, 0.4) is 0 Å². The lowest BCUT2D eigenvalue weighted by atomic mass is 9.92. The number of benzene rings is 13. The summed E-state index contributed by atoms with van der Waals surface area (Å²) >= 11 is 0. The first-order valence-electron chi connectivity index (χ1n) is 25.0. The smallest absolute Gasteiger partial charge is 0.135 e. The van der Waals surface area contributed by atoms with E-state index in [1.165, 1.54) is 54.2 Å². The highest BCUT2D eigenvalue weighted by Crippen LogP contribution is 2.43. The van der Waals surface area contributed by atoms with Gasteiger partial charge in [-0.2, -0.15) is 0 Å². The molecule has 0 aliphatic carbocycles.